The van der Waals surface area contributed by atoms with Gasteiger partial charge in [0.1, 0.15) is 5.69 Å². The zero-order valence-corrected chi connectivity index (χ0v) is 20.0. The lowest BCUT2D eigenvalue weighted by Gasteiger charge is -2.38. The van der Waals surface area contributed by atoms with Gasteiger partial charge in [-0.3, -0.25) is 9.59 Å². The van der Waals surface area contributed by atoms with Crippen molar-refractivity contribution in [1.82, 2.24) is 15.3 Å². The number of carbonyl (C=O) groups is 2. The number of hydrogen-bond acceptors (Lipinski definition) is 4. The summed E-state index contributed by atoms with van der Waals surface area (Å²) in [6, 6.07) is 14.0. The second-order valence-electron chi connectivity index (χ2n) is 9.80. The van der Waals surface area contributed by atoms with E-state index in [1.807, 2.05) is 36.4 Å². The summed E-state index contributed by atoms with van der Waals surface area (Å²) in [5.41, 5.74) is 1.81. The van der Waals surface area contributed by atoms with Crippen LogP contribution in [0.1, 0.15) is 36.2 Å². The highest BCUT2D eigenvalue weighted by atomic mass is 16.2. The SMILES string of the molecule is C=CC(=O)Nc1cccc2ccc(-c3nccc(C(=O)NC4CCC([N+](C)(C)C)CC4)n3)cc12. The van der Waals surface area contributed by atoms with Crippen LogP contribution in [0.25, 0.3) is 22.2 Å². The quantitative estimate of drug-likeness (QED) is 0.429. The van der Waals surface area contributed by atoms with Crippen molar-refractivity contribution >= 4 is 28.3 Å². The van der Waals surface area contributed by atoms with E-state index in [4.69, 9.17) is 0 Å². The fourth-order valence-corrected chi connectivity index (χ4v) is 4.58. The number of anilines is 1. The molecule has 3 aromatic rings. The molecule has 0 radical (unpaired) electrons. The molecule has 0 spiro atoms. The number of rotatable bonds is 6. The van der Waals surface area contributed by atoms with Crippen LogP contribution < -0.4 is 10.6 Å². The van der Waals surface area contributed by atoms with Gasteiger partial charge in [0.2, 0.25) is 5.91 Å². The first-order chi connectivity index (χ1) is 16.2. The number of quaternary nitrogens is 1. The third-order valence-electron chi connectivity index (χ3n) is 6.60. The minimum absolute atomic E-state index is 0.169. The Morgan fingerprint density at radius 3 is 2.53 bits per heavy atom. The van der Waals surface area contributed by atoms with E-state index in [2.05, 4.69) is 48.3 Å². The standard InChI is InChI=1S/C27H31N5O2/c1-5-25(33)30-23-8-6-7-18-9-10-19(17-22(18)23)26-28-16-15-24(31-26)27(34)29-20-11-13-21(14-12-20)32(2,3)4/h5-10,15-17,20-21H,1,11-14H2,2-4H3,(H-,28,29,30,31,33,34)/p+1. The van der Waals surface area contributed by atoms with Gasteiger partial charge in [0.25, 0.3) is 5.91 Å². The van der Waals surface area contributed by atoms with E-state index in [9.17, 15) is 9.59 Å². The Kier molecular flexibility index (Phi) is 6.75. The van der Waals surface area contributed by atoms with Crippen LogP contribution in [0.2, 0.25) is 0 Å². The van der Waals surface area contributed by atoms with Crippen molar-refractivity contribution in [3.63, 3.8) is 0 Å². The van der Waals surface area contributed by atoms with E-state index in [0.29, 0.717) is 23.2 Å². The Bertz CT molecular complexity index is 1220. The molecule has 176 valence electrons. The third kappa shape index (κ3) is 5.31. The molecule has 0 aliphatic heterocycles. The highest BCUT2D eigenvalue weighted by Gasteiger charge is 2.30. The van der Waals surface area contributed by atoms with Crippen LogP contribution in [0.4, 0.5) is 5.69 Å². The van der Waals surface area contributed by atoms with Crippen molar-refractivity contribution < 1.29 is 14.1 Å². The molecule has 1 fully saturated rings. The Morgan fingerprint density at radius 2 is 1.82 bits per heavy atom. The van der Waals surface area contributed by atoms with Crippen LogP contribution >= 0.6 is 0 Å². The molecule has 0 unspecified atom stereocenters. The first kappa shape index (κ1) is 23.6. The smallest absolute Gasteiger partial charge is 0.270 e. The number of hydrogen-bond donors (Lipinski definition) is 2. The number of fused-ring (bicyclic) bond motifs is 1. The molecule has 1 aliphatic carbocycles. The highest BCUT2D eigenvalue weighted by Crippen LogP contribution is 2.28. The number of amides is 2. The summed E-state index contributed by atoms with van der Waals surface area (Å²) in [6.07, 6.45) is 7.02. The number of aromatic nitrogens is 2. The molecule has 0 saturated heterocycles. The Morgan fingerprint density at radius 1 is 1.06 bits per heavy atom. The zero-order chi connectivity index (χ0) is 24.3. The molecule has 0 atom stereocenters. The average Bonchev–Trinajstić information content (AvgIpc) is 2.83. The van der Waals surface area contributed by atoms with Gasteiger partial charge in [-0.15, -0.1) is 0 Å². The molecular formula is C27H32N5O2+. The first-order valence-corrected chi connectivity index (χ1v) is 11.7. The summed E-state index contributed by atoms with van der Waals surface area (Å²) in [7, 11) is 6.69. The summed E-state index contributed by atoms with van der Waals surface area (Å²) in [6.45, 7) is 3.51. The highest BCUT2D eigenvalue weighted by molar-refractivity contribution is 6.06. The van der Waals surface area contributed by atoms with E-state index in [0.717, 1.165) is 46.5 Å². The Balaban J connectivity index is 1.52. The van der Waals surface area contributed by atoms with E-state index < -0.39 is 0 Å². The number of carbonyl (C=O) groups excluding carboxylic acids is 2. The maximum absolute atomic E-state index is 12.9. The molecule has 2 amide bonds. The molecule has 1 aromatic heterocycles. The predicted molar refractivity (Wildman–Crippen MR) is 135 cm³/mol. The molecule has 7 heteroatoms. The number of benzene rings is 2. The van der Waals surface area contributed by atoms with Gasteiger partial charge in [-0.25, -0.2) is 9.97 Å². The molecule has 2 N–H and O–H groups in total. The lowest BCUT2D eigenvalue weighted by Crippen LogP contribution is -2.49. The predicted octanol–water partition coefficient (Wildman–Crippen LogP) is 4.17. The lowest BCUT2D eigenvalue weighted by atomic mass is 9.89. The van der Waals surface area contributed by atoms with Gasteiger partial charge in [-0.2, -0.15) is 0 Å². The molecule has 1 aliphatic rings. The van der Waals surface area contributed by atoms with Gasteiger partial charge in [0, 0.05) is 41.7 Å². The Hall–Kier alpha value is -3.58. The van der Waals surface area contributed by atoms with E-state index >= 15 is 0 Å². The summed E-state index contributed by atoms with van der Waals surface area (Å²) >= 11 is 0. The normalized spacial score (nSPS) is 18.3. The fourth-order valence-electron chi connectivity index (χ4n) is 4.58. The second kappa shape index (κ2) is 9.73. The van der Waals surface area contributed by atoms with E-state index in [1.54, 1.807) is 12.3 Å². The maximum atomic E-state index is 12.9. The summed E-state index contributed by atoms with van der Waals surface area (Å²) in [4.78, 5) is 33.7. The fraction of sp³-hybridized carbons (Fsp3) is 0.333. The van der Waals surface area contributed by atoms with Crippen LogP contribution in [-0.2, 0) is 4.79 Å². The number of nitrogens with one attached hydrogen (secondary N) is 2. The number of nitrogens with zero attached hydrogens (tertiary/aromatic N) is 3. The van der Waals surface area contributed by atoms with Crippen molar-refractivity contribution in [2.45, 2.75) is 37.8 Å². The average molecular weight is 459 g/mol. The summed E-state index contributed by atoms with van der Waals surface area (Å²) in [5.74, 6) is 0.0218. The zero-order valence-electron chi connectivity index (χ0n) is 20.0. The molecule has 2 aromatic carbocycles. The molecule has 0 bridgehead atoms. The van der Waals surface area contributed by atoms with Gasteiger partial charge in [-0.05, 0) is 42.5 Å². The van der Waals surface area contributed by atoms with Crippen LogP contribution in [0, 0.1) is 0 Å². The molecule has 1 heterocycles. The van der Waals surface area contributed by atoms with Crippen LogP contribution in [0.5, 0.6) is 0 Å². The molecule has 7 nitrogen and oxygen atoms in total. The third-order valence-corrected chi connectivity index (χ3v) is 6.60. The lowest BCUT2D eigenvalue weighted by molar-refractivity contribution is -0.897. The van der Waals surface area contributed by atoms with Crippen LogP contribution in [-0.4, -0.2) is 59.5 Å². The van der Waals surface area contributed by atoms with Crippen molar-refractivity contribution in [3.05, 3.63) is 67.0 Å². The minimum atomic E-state index is -0.275. The first-order valence-electron chi connectivity index (χ1n) is 11.7. The minimum Gasteiger partial charge on any atom is -0.348 e. The van der Waals surface area contributed by atoms with E-state index in [-0.39, 0.29) is 17.9 Å². The van der Waals surface area contributed by atoms with Crippen molar-refractivity contribution in [1.29, 1.82) is 0 Å². The second-order valence-corrected chi connectivity index (χ2v) is 9.80. The molecule has 4 rings (SSSR count). The van der Waals surface area contributed by atoms with Crippen molar-refractivity contribution in [2.24, 2.45) is 0 Å². The van der Waals surface area contributed by atoms with Gasteiger partial charge in [-0.1, -0.05) is 30.8 Å². The van der Waals surface area contributed by atoms with Crippen molar-refractivity contribution in [2.75, 3.05) is 26.5 Å². The van der Waals surface area contributed by atoms with Gasteiger partial charge < -0.3 is 15.1 Å². The van der Waals surface area contributed by atoms with Gasteiger partial charge >= 0.3 is 0 Å². The monoisotopic (exact) mass is 458 g/mol. The van der Waals surface area contributed by atoms with Crippen molar-refractivity contribution in [3.8, 4) is 11.4 Å². The summed E-state index contributed by atoms with van der Waals surface area (Å²) < 4.78 is 0.959. The maximum Gasteiger partial charge on any atom is 0.270 e. The topological polar surface area (TPSA) is 84.0 Å². The summed E-state index contributed by atoms with van der Waals surface area (Å²) in [5, 5.41) is 7.84. The van der Waals surface area contributed by atoms with Gasteiger partial charge in [0.15, 0.2) is 5.82 Å². The van der Waals surface area contributed by atoms with E-state index in [1.165, 1.54) is 6.08 Å². The largest absolute Gasteiger partial charge is 0.348 e. The van der Waals surface area contributed by atoms with Crippen LogP contribution in [0.15, 0.2) is 61.3 Å². The molecule has 1 saturated carbocycles. The molecule has 34 heavy (non-hydrogen) atoms. The van der Waals surface area contributed by atoms with Gasteiger partial charge in [0.05, 0.1) is 27.2 Å². The van der Waals surface area contributed by atoms with Crippen LogP contribution in [0.3, 0.4) is 0 Å². The Labute approximate surface area is 200 Å². The molecular weight excluding hydrogens is 426 g/mol.